The first-order chi connectivity index (χ1) is 13.2. The first kappa shape index (κ1) is 28.5. The van der Waals surface area contributed by atoms with Crippen LogP contribution in [0, 0.1) is 13.8 Å². The average Bonchev–Trinajstić information content (AvgIpc) is 2.57. The summed E-state index contributed by atoms with van der Waals surface area (Å²) in [7, 11) is 0. The number of hydrogen-bond donors (Lipinski definition) is 2. The zero-order valence-corrected chi connectivity index (χ0v) is 22.3. The molecule has 146 valence electrons. The van der Waals surface area contributed by atoms with E-state index in [0.717, 1.165) is 34.4 Å². The smallest absolute Gasteiger partial charge is 0.875 e. The number of carbonyl (C=O) groups excluding carboxylic acids is 2. The maximum absolute atomic E-state index is 11.7. The molecule has 0 aliphatic carbocycles. The quantitative estimate of drug-likeness (QED) is 0.294. The number of aryl methyl sites for hydroxylation is 2. The van der Waals surface area contributed by atoms with E-state index in [-0.39, 0.29) is 70.6 Å². The van der Waals surface area contributed by atoms with Crippen LogP contribution in [0.15, 0.2) is 60.1 Å². The minimum Gasteiger partial charge on any atom is -0.875 e. The second-order valence-electron chi connectivity index (χ2n) is 6.55. The van der Waals surface area contributed by atoms with Crippen LogP contribution < -0.4 is 80.0 Å². The number of benzene rings is 2. The molecule has 2 N–H and O–H groups in total. The summed E-state index contributed by atoms with van der Waals surface area (Å²) in [5, 5.41) is 27.3. The summed E-state index contributed by atoms with van der Waals surface area (Å²) >= 11 is 0. The molecule has 0 fully saturated rings. The van der Waals surface area contributed by atoms with Gasteiger partial charge in [-0.2, -0.15) is 0 Å². The first-order valence-electron chi connectivity index (χ1n) is 8.70. The van der Waals surface area contributed by atoms with Crippen molar-refractivity contribution >= 4 is 23.2 Å². The molecule has 8 heteroatoms. The minimum absolute atomic E-state index is 0. The van der Waals surface area contributed by atoms with Gasteiger partial charge in [0.2, 0.25) is 11.8 Å². The summed E-state index contributed by atoms with van der Waals surface area (Å²) in [6.45, 7) is 6.38. The van der Waals surface area contributed by atoms with Crippen molar-refractivity contribution in [2.45, 2.75) is 27.7 Å². The van der Waals surface area contributed by atoms with Crippen LogP contribution in [0.2, 0.25) is 0 Å². The SMILES string of the molecule is C/C([O-])=C/C(=O)Nc1ccc(-c2ccc(NC(=O)/C=C(\C)[O-])c(C)c2)cc1C.[Na+].[Na+]. The summed E-state index contributed by atoms with van der Waals surface area (Å²) in [6, 6.07) is 11.2. The summed E-state index contributed by atoms with van der Waals surface area (Å²) in [6.07, 6.45) is 2.01. The van der Waals surface area contributed by atoms with Crippen molar-refractivity contribution in [2.75, 3.05) is 10.6 Å². The maximum Gasteiger partial charge on any atom is 1.00 e. The minimum atomic E-state index is -0.457. The van der Waals surface area contributed by atoms with Gasteiger partial charge >= 0.3 is 59.1 Å². The molecule has 0 saturated carbocycles. The fraction of sp³-hybridized carbons (Fsp3) is 0.182. The van der Waals surface area contributed by atoms with E-state index in [1.807, 2.05) is 38.1 Å². The van der Waals surface area contributed by atoms with E-state index in [2.05, 4.69) is 10.6 Å². The van der Waals surface area contributed by atoms with Crippen molar-refractivity contribution < 1.29 is 78.9 Å². The monoisotopic (exact) mass is 424 g/mol. The van der Waals surface area contributed by atoms with Crippen molar-refractivity contribution in [1.29, 1.82) is 0 Å². The molecule has 0 aromatic heterocycles. The molecule has 0 aliphatic rings. The Morgan fingerprint density at radius 2 is 1.07 bits per heavy atom. The van der Waals surface area contributed by atoms with Crippen LogP contribution in [0.3, 0.4) is 0 Å². The van der Waals surface area contributed by atoms with Crippen LogP contribution in [0.1, 0.15) is 25.0 Å². The molecular formula is C22H22N2Na2O4. The number of nitrogens with one attached hydrogen (secondary N) is 2. The molecule has 2 aromatic rings. The Labute approximate surface area is 221 Å². The molecule has 0 spiro atoms. The molecule has 0 unspecified atom stereocenters. The van der Waals surface area contributed by atoms with Gasteiger partial charge in [0.05, 0.1) is 0 Å². The van der Waals surface area contributed by atoms with Gasteiger partial charge in [0.15, 0.2) is 0 Å². The number of carbonyl (C=O) groups is 2. The Bertz CT molecular complexity index is 898. The molecule has 0 radical (unpaired) electrons. The Morgan fingerprint density at radius 1 is 0.733 bits per heavy atom. The van der Waals surface area contributed by atoms with E-state index in [1.54, 1.807) is 12.1 Å². The van der Waals surface area contributed by atoms with Gasteiger partial charge in [0.1, 0.15) is 0 Å². The van der Waals surface area contributed by atoms with E-state index < -0.39 is 11.8 Å². The van der Waals surface area contributed by atoms with Gasteiger partial charge in [-0.25, -0.2) is 0 Å². The van der Waals surface area contributed by atoms with E-state index in [9.17, 15) is 19.8 Å². The molecule has 2 aromatic carbocycles. The van der Waals surface area contributed by atoms with Gasteiger partial charge in [-0.1, -0.05) is 26.0 Å². The zero-order valence-electron chi connectivity index (χ0n) is 18.3. The van der Waals surface area contributed by atoms with Gasteiger partial charge in [0, 0.05) is 11.4 Å². The van der Waals surface area contributed by atoms with Gasteiger partial charge in [-0.05, 0) is 72.5 Å². The molecule has 0 atom stereocenters. The molecule has 2 rings (SSSR count). The zero-order chi connectivity index (χ0) is 20.8. The number of hydrogen-bond acceptors (Lipinski definition) is 4. The van der Waals surface area contributed by atoms with Crippen molar-refractivity contribution in [3.05, 3.63) is 71.2 Å². The second kappa shape index (κ2) is 13.0. The molecular weight excluding hydrogens is 402 g/mol. The van der Waals surface area contributed by atoms with Crippen molar-refractivity contribution in [3.8, 4) is 11.1 Å². The first-order valence-corrected chi connectivity index (χ1v) is 8.70. The summed E-state index contributed by atoms with van der Waals surface area (Å²) in [5.74, 6) is -1.53. The van der Waals surface area contributed by atoms with Crippen LogP contribution in [0.25, 0.3) is 11.1 Å². The fourth-order valence-electron chi connectivity index (χ4n) is 2.67. The Balaban J connectivity index is 0.00000420. The molecule has 0 heterocycles. The number of rotatable bonds is 5. The standard InChI is InChI=1S/C22H24N2O4.2Na/c1-13-9-17(5-7-19(13)23-21(27)11-15(3)25)18-6-8-20(14(2)10-18)24-22(28)12-16(4)26;;/h5-12,25-26H,1-4H3,(H,23,27)(H,24,28);;/q;2*+1/p-2/b15-11-,16-12+;;. The van der Waals surface area contributed by atoms with Gasteiger partial charge in [0.25, 0.3) is 0 Å². The van der Waals surface area contributed by atoms with E-state index >= 15 is 0 Å². The van der Waals surface area contributed by atoms with Crippen LogP contribution in [0.4, 0.5) is 11.4 Å². The topological polar surface area (TPSA) is 104 Å². The van der Waals surface area contributed by atoms with Crippen LogP contribution in [-0.4, -0.2) is 11.8 Å². The van der Waals surface area contributed by atoms with Crippen molar-refractivity contribution in [3.63, 3.8) is 0 Å². The number of anilines is 2. The largest absolute Gasteiger partial charge is 1.00 e. The third kappa shape index (κ3) is 8.68. The molecule has 6 nitrogen and oxygen atoms in total. The molecule has 2 amide bonds. The number of allylic oxidation sites excluding steroid dienone is 2. The van der Waals surface area contributed by atoms with Gasteiger partial charge in [-0.15, -0.1) is 11.5 Å². The Kier molecular flexibility index (Phi) is 12.3. The van der Waals surface area contributed by atoms with Crippen molar-refractivity contribution in [1.82, 2.24) is 0 Å². The van der Waals surface area contributed by atoms with Crippen LogP contribution in [-0.2, 0) is 9.59 Å². The van der Waals surface area contributed by atoms with Crippen LogP contribution in [0.5, 0.6) is 0 Å². The summed E-state index contributed by atoms with van der Waals surface area (Å²) in [5.41, 5.74) is 4.87. The van der Waals surface area contributed by atoms with E-state index in [4.69, 9.17) is 0 Å². The Morgan fingerprint density at radius 3 is 1.33 bits per heavy atom. The van der Waals surface area contributed by atoms with E-state index in [1.165, 1.54) is 13.8 Å². The normalized spacial score (nSPS) is 11.1. The van der Waals surface area contributed by atoms with Crippen molar-refractivity contribution in [2.24, 2.45) is 0 Å². The average molecular weight is 424 g/mol. The molecule has 0 bridgehead atoms. The summed E-state index contributed by atoms with van der Waals surface area (Å²) in [4.78, 5) is 23.4. The maximum atomic E-state index is 11.7. The van der Waals surface area contributed by atoms with Gasteiger partial charge < -0.3 is 20.8 Å². The molecule has 0 aliphatic heterocycles. The fourth-order valence-corrected chi connectivity index (χ4v) is 2.67. The predicted molar refractivity (Wildman–Crippen MR) is 106 cm³/mol. The summed E-state index contributed by atoms with van der Waals surface area (Å²) < 4.78 is 0. The Hall–Kier alpha value is -1.54. The second-order valence-corrected chi connectivity index (χ2v) is 6.55. The molecule has 0 saturated heterocycles. The third-order valence-corrected chi connectivity index (χ3v) is 3.97. The predicted octanol–water partition coefficient (Wildman–Crippen LogP) is -3.62. The van der Waals surface area contributed by atoms with E-state index in [0.29, 0.717) is 11.4 Å². The number of amides is 2. The van der Waals surface area contributed by atoms with Gasteiger partial charge in [-0.3, -0.25) is 9.59 Å². The molecule has 30 heavy (non-hydrogen) atoms. The van der Waals surface area contributed by atoms with Crippen LogP contribution >= 0.6 is 0 Å². The third-order valence-electron chi connectivity index (χ3n) is 3.97.